The molecule has 0 spiro atoms. The van der Waals surface area contributed by atoms with Crippen molar-refractivity contribution in [2.24, 2.45) is 0 Å². The summed E-state index contributed by atoms with van der Waals surface area (Å²) in [5.74, 6) is 1.49. The number of nitrogens with zero attached hydrogens (tertiary/aromatic N) is 1. The van der Waals surface area contributed by atoms with E-state index in [4.69, 9.17) is 11.6 Å². The molecule has 2 nitrogen and oxygen atoms in total. The van der Waals surface area contributed by atoms with Gasteiger partial charge in [0.2, 0.25) is 0 Å². The Hall–Kier alpha value is 0.560. The summed E-state index contributed by atoms with van der Waals surface area (Å²) in [6, 6.07) is 0. The van der Waals surface area contributed by atoms with Gasteiger partial charge in [0.15, 0.2) is 0 Å². The first-order chi connectivity index (χ1) is 6.03. The van der Waals surface area contributed by atoms with E-state index in [2.05, 4.69) is 18.7 Å². The Kier molecular flexibility index (Phi) is 4.36. The summed E-state index contributed by atoms with van der Waals surface area (Å²) in [7, 11) is 0. The molecule has 0 radical (unpaired) electrons. The highest BCUT2D eigenvalue weighted by molar-refractivity contribution is 8.00. The Bertz CT molecular complexity index is 166. The lowest BCUT2D eigenvalue weighted by Gasteiger charge is -2.38. The summed E-state index contributed by atoms with van der Waals surface area (Å²) in [5, 5.41) is 9.40. The van der Waals surface area contributed by atoms with Gasteiger partial charge in [-0.3, -0.25) is 4.90 Å². The molecule has 1 atom stereocenters. The van der Waals surface area contributed by atoms with Crippen LogP contribution >= 0.6 is 23.4 Å². The molecule has 1 N–H and O–H groups in total. The molecule has 1 heterocycles. The maximum atomic E-state index is 9.40. The molecule has 0 aromatic carbocycles. The number of hydrogen-bond acceptors (Lipinski definition) is 3. The van der Waals surface area contributed by atoms with Gasteiger partial charge in [-0.1, -0.05) is 0 Å². The summed E-state index contributed by atoms with van der Waals surface area (Å²) in [5.41, 5.74) is 0. The molecule has 0 amide bonds. The van der Waals surface area contributed by atoms with Crippen molar-refractivity contribution in [3.8, 4) is 0 Å². The third kappa shape index (κ3) is 4.07. The minimum atomic E-state index is -0.374. The van der Waals surface area contributed by atoms with Gasteiger partial charge in [-0.25, -0.2) is 0 Å². The molecule has 1 fully saturated rings. The molecule has 13 heavy (non-hydrogen) atoms. The minimum Gasteiger partial charge on any atom is -0.391 e. The van der Waals surface area contributed by atoms with E-state index in [9.17, 15) is 5.11 Å². The summed E-state index contributed by atoms with van der Waals surface area (Å²) in [4.78, 5) is 2.30. The number of thioether (sulfide) groups is 1. The van der Waals surface area contributed by atoms with E-state index in [0.717, 1.165) is 18.8 Å². The predicted octanol–water partition coefficient (Wildman–Crippen LogP) is 1.41. The third-order valence-electron chi connectivity index (χ3n) is 2.15. The quantitative estimate of drug-likeness (QED) is 0.733. The lowest BCUT2D eigenvalue weighted by Crippen LogP contribution is -2.46. The van der Waals surface area contributed by atoms with Gasteiger partial charge in [0.1, 0.15) is 0 Å². The third-order valence-corrected chi connectivity index (χ3v) is 3.81. The van der Waals surface area contributed by atoms with Crippen LogP contribution in [-0.2, 0) is 0 Å². The average Bonchev–Trinajstić information content (AvgIpc) is 2.02. The van der Waals surface area contributed by atoms with E-state index in [1.54, 1.807) is 0 Å². The van der Waals surface area contributed by atoms with Gasteiger partial charge in [0, 0.05) is 36.0 Å². The normalized spacial score (nSPS) is 25.8. The van der Waals surface area contributed by atoms with Gasteiger partial charge in [-0.05, 0) is 13.8 Å². The number of aliphatic hydroxyl groups is 1. The highest BCUT2D eigenvalue weighted by Crippen LogP contribution is 2.29. The fraction of sp³-hybridized carbons (Fsp3) is 1.00. The lowest BCUT2D eigenvalue weighted by atomic mass is 10.2. The molecule has 78 valence electrons. The van der Waals surface area contributed by atoms with Gasteiger partial charge < -0.3 is 5.11 Å². The number of rotatable bonds is 3. The van der Waals surface area contributed by atoms with Crippen LogP contribution in [0.5, 0.6) is 0 Å². The topological polar surface area (TPSA) is 23.5 Å². The zero-order valence-electron chi connectivity index (χ0n) is 8.29. The van der Waals surface area contributed by atoms with Crippen LogP contribution in [-0.4, -0.2) is 52.1 Å². The molecule has 1 rings (SSSR count). The molecule has 1 aliphatic heterocycles. The van der Waals surface area contributed by atoms with Crippen LogP contribution in [0.4, 0.5) is 0 Å². The molecular weight excluding hydrogens is 206 g/mol. The predicted molar refractivity (Wildman–Crippen MR) is 59.7 cm³/mol. The van der Waals surface area contributed by atoms with Crippen LogP contribution < -0.4 is 0 Å². The molecule has 0 aromatic heterocycles. The molecule has 1 saturated heterocycles. The average molecular weight is 224 g/mol. The van der Waals surface area contributed by atoms with Crippen LogP contribution in [0.15, 0.2) is 0 Å². The highest BCUT2D eigenvalue weighted by atomic mass is 35.5. The van der Waals surface area contributed by atoms with E-state index in [-0.39, 0.29) is 6.10 Å². The first kappa shape index (κ1) is 11.6. The van der Waals surface area contributed by atoms with E-state index in [1.165, 1.54) is 0 Å². The van der Waals surface area contributed by atoms with E-state index < -0.39 is 0 Å². The van der Waals surface area contributed by atoms with Gasteiger partial charge in [0.25, 0.3) is 0 Å². The number of aliphatic hydroxyl groups excluding tert-OH is 1. The molecule has 4 heteroatoms. The summed E-state index contributed by atoms with van der Waals surface area (Å²) >= 11 is 7.56. The van der Waals surface area contributed by atoms with Crippen molar-refractivity contribution in [1.29, 1.82) is 0 Å². The molecule has 0 saturated carbocycles. The Morgan fingerprint density at radius 2 is 2.31 bits per heavy atom. The molecular formula is C9H18ClNOS. The van der Waals surface area contributed by atoms with Crippen LogP contribution in [0.25, 0.3) is 0 Å². The smallest absolute Gasteiger partial charge is 0.0802 e. The Morgan fingerprint density at radius 1 is 1.62 bits per heavy atom. The zero-order valence-corrected chi connectivity index (χ0v) is 9.87. The highest BCUT2D eigenvalue weighted by Gasteiger charge is 2.27. The van der Waals surface area contributed by atoms with Gasteiger partial charge in [0.05, 0.1) is 6.10 Å². The van der Waals surface area contributed by atoms with Gasteiger partial charge in [-0.15, -0.1) is 11.6 Å². The second-order valence-electron chi connectivity index (χ2n) is 4.15. The van der Waals surface area contributed by atoms with Crippen molar-refractivity contribution in [2.45, 2.75) is 24.7 Å². The van der Waals surface area contributed by atoms with Gasteiger partial charge in [-0.2, -0.15) is 11.8 Å². The molecule has 0 bridgehead atoms. The van der Waals surface area contributed by atoms with E-state index >= 15 is 0 Å². The van der Waals surface area contributed by atoms with Crippen LogP contribution in [0.1, 0.15) is 13.8 Å². The van der Waals surface area contributed by atoms with Gasteiger partial charge >= 0.3 is 0 Å². The van der Waals surface area contributed by atoms with Crippen LogP contribution in [0.3, 0.4) is 0 Å². The van der Waals surface area contributed by atoms with Crippen LogP contribution in [0, 0.1) is 0 Å². The minimum absolute atomic E-state index is 0.324. The maximum Gasteiger partial charge on any atom is 0.0802 e. The maximum absolute atomic E-state index is 9.40. The first-order valence-corrected chi connectivity index (χ1v) is 6.16. The van der Waals surface area contributed by atoms with Crippen molar-refractivity contribution in [3.63, 3.8) is 0 Å². The lowest BCUT2D eigenvalue weighted by molar-refractivity contribution is 0.126. The SMILES string of the molecule is CC1(C)CN(CC(O)CCl)CCS1. The standard InChI is InChI=1S/C9H18ClNOS/c1-9(2)7-11(3-4-13-9)6-8(12)5-10/h8,12H,3-7H2,1-2H3. The Balaban J connectivity index is 2.34. The number of halogens is 1. The van der Waals surface area contributed by atoms with Crippen molar-refractivity contribution < 1.29 is 5.11 Å². The zero-order chi connectivity index (χ0) is 9.90. The van der Waals surface area contributed by atoms with Crippen molar-refractivity contribution in [3.05, 3.63) is 0 Å². The van der Waals surface area contributed by atoms with Crippen molar-refractivity contribution >= 4 is 23.4 Å². The summed E-state index contributed by atoms with van der Waals surface area (Å²) in [6.45, 7) is 7.33. The Labute approximate surface area is 89.6 Å². The second kappa shape index (κ2) is 4.87. The fourth-order valence-electron chi connectivity index (χ4n) is 1.62. The van der Waals surface area contributed by atoms with Crippen molar-refractivity contribution in [1.82, 2.24) is 4.90 Å². The molecule has 0 aliphatic carbocycles. The molecule has 1 aliphatic rings. The van der Waals surface area contributed by atoms with E-state index in [0.29, 0.717) is 17.2 Å². The molecule has 0 aromatic rings. The fourth-order valence-corrected chi connectivity index (χ4v) is 2.89. The van der Waals surface area contributed by atoms with Crippen molar-refractivity contribution in [2.75, 3.05) is 31.3 Å². The number of β-amino-alcohol motifs (C(OH)–C–C–N with tert-alkyl or cyclic N) is 1. The number of alkyl halides is 1. The number of hydrogen-bond donors (Lipinski definition) is 1. The van der Waals surface area contributed by atoms with Crippen LogP contribution in [0.2, 0.25) is 0 Å². The monoisotopic (exact) mass is 223 g/mol. The largest absolute Gasteiger partial charge is 0.391 e. The second-order valence-corrected chi connectivity index (χ2v) is 6.26. The molecule has 1 unspecified atom stereocenters. The first-order valence-electron chi connectivity index (χ1n) is 4.64. The summed E-state index contributed by atoms with van der Waals surface area (Å²) in [6.07, 6.45) is -0.374. The summed E-state index contributed by atoms with van der Waals surface area (Å²) < 4.78 is 0.324. The van der Waals surface area contributed by atoms with E-state index in [1.807, 2.05) is 11.8 Å². The Morgan fingerprint density at radius 3 is 2.85 bits per heavy atom.